The zero-order chi connectivity index (χ0) is 50.0. The first-order valence-corrected chi connectivity index (χ1v) is 25.8. The van der Waals surface area contributed by atoms with Crippen LogP contribution in [0.2, 0.25) is 0 Å². The number of ether oxygens (including phenoxy) is 8. The summed E-state index contributed by atoms with van der Waals surface area (Å²) in [5.41, 5.74) is 0.498. The molecule has 1 spiro atoms. The Hall–Kier alpha value is -3.79. The number of para-hydroxylation sites is 2. The molecule has 4 aliphatic heterocycles. The summed E-state index contributed by atoms with van der Waals surface area (Å²) in [6.45, 7) is 8.77. The first kappa shape index (κ1) is 50.7. The molecule has 18 heteroatoms. The van der Waals surface area contributed by atoms with Gasteiger partial charge in [-0.2, -0.15) is 0 Å². The lowest BCUT2D eigenvalue weighted by Gasteiger charge is -2.60. The van der Waals surface area contributed by atoms with Crippen molar-refractivity contribution in [2.24, 2.45) is 52.3 Å². The number of hydrogen-bond acceptors (Lipinski definition) is 16. The molecule has 4 saturated carbocycles. The fourth-order valence-corrected chi connectivity index (χ4v) is 14.7. The SMILES string of the molecule is C[C@@H]1CC[C@@]2(OC1)OC1CC3C4CC[C@H]5C[C@@H](O[C@@H]6O[C@@H](COC(=O)Nc7ccccc7)[C@@H](O[C@@H]7O[C@@H](COC(=O)Nc8ccccc8)[C@@H](O)[C@H](O)[C@@H]7O)[C@H](O)[C@@H]6O)CC[C@]5(C)C4C(=O)C[C@]3(C)C1[C@@H]2C. The van der Waals surface area contributed by atoms with E-state index >= 15 is 0 Å². The van der Waals surface area contributed by atoms with Crippen LogP contribution >= 0.6 is 0 Å². The largest absolute Gasteiger partial charge is 0.446 e. The van der Waals surface area contributed by atoms with Gasteiger partial charge in [0.05, 0.1) is 18.8 Å². The fourth-order valence-electron chi connectivity index (χ4n) is 14.7. The maximum absolute atomic E-state index is 14.7. The Bertz CT molecular complexity index is 2200. The second kappa shape index (κ2) is 20.1. The Morgan fingerprint density at radius 1 is 0.704 bits per heavy atom. The van der Waals surface area contributed by atoms with Crippen molar-refractivity contribution >= 4 is 29.3 Å². The minimum absolute atomic E-state index is 0.0791. The molecule has 8 aliphatic rings. The second-order valence-corrected chi connectivity index (χ2v) is 22.5. The average molecular weight is 993 g/mol. The van der Waals surface area contributed by atoms with Crippen LogP contribution in [0.15, 0.2) is 60.7 Å². The Morgan fingerprint density at radius 3 is 1.97 bits per heavy atom. The van der Waals surface area contributed by atoms with E-state index in [2.05, 4.69) is 38.3 Å². The van der Waals surface area contributed by atoms with Crippen LogP contribution in [0.4, 0.5) is 21.0 Å². The van der Waals surface area contributed by atoms with Gasteiger partial charge in [-0.15, -0.1) is 0 Å². The van der Waals surface area contributed by atoms with Crippen molar-refractivity contribution in [3.8, 4) is 0 Å². The highest BCUT2D eigenvalue weighted by Gasteiger charge is 2.71. The molecular weight excluding hydrogens is 921 g/mol. The van der Waals surface area contributed by atoms with Gasteiger partial charge in [0.1, 0.15) is 67.8 Å². The Morgan fingerprint density at radius 2 is 1.32 bits per heavy atom. The predicted octanol–water partition coefficient (Wildman–Crippen LogP) is 5.13. The quantitative estimate of drug-likeness (QED) is 0.152. The lowest BCUT2D eigenvalue weighted by molar-refractivity contribution is -0.363. The van der Waals surface area contributed by atoms with E-state index in [0.29, 0.717) is 54.9 Å². The molecule has 4 aliphatic carbocycles. The van der Waals surface area contributed by atoms with Gasteiger partial charge in [0.25, 0.3) is 0 Å². The zero-order valence-electron chi connectivity index (χ0n) is 41.0. The van der Waals surface area contributed by atoms with Gasteiger partial charge in [-0.25, -0.2) is 9.59 Å². The van der Waals surface area contributed by atoms with E-state index in [1.54, 1.807) is 60.7 Å². The van der Waals surface area contributed by atoms with Crippen LogP contribution < -0.4 is 10.6 Å². The van der Waals surface area contributed by atoms with E-state index in [1.807, 2.05) is 0 Å². The van der Waals surface area contributed by atoms with Gasteiger partial charge in [-0.05, 0) is 110 Å². The Labute approximate surface area is 414 Å². The van der Waals surface area contributed by atoms with Crippen LogP contribution in [0, 0.1) is 52.3 Å². The highest BCUT2D eigenvalue weighted by atomic mass is 16.7. The summed E-state index contributed by atoms with van der Waals surface area (Å²) in [6.07, 6.45) is -11.2. The van der Waals surface area contributed by atoms with Crippen LogP contribution in [-0.4, -0.2) is 143 Å². The van der Waals surface area contributed by atoms with Crippen LogP contribution in [0.25, 0.3) is 0 Å². The maximum atomic E-state index is 14.7. The van der Waals surface area contributed by atoms with Gasteiger partial charge in [0.2, 0.25) is 0 Å². The van der Waals surface area contributed by atoms with Gasteiger partial charge in [0.15, 0.2) is 18.4 Å². The lowest BCUT2D eigenvalue weighted by atomic mass is 9.44. The number of aliphatic hydroxyl groups excluding tert-OH is 5. The molecule has 4 saturated heterocycles. The molecule has 18 nitrogen and oxygen atoms in total. The summed E-state index contributed by atoms with van der Waals surface area (Å²) in [4.78, 5) is 40.3. The molecule has 5 unspecified atom stereocenters. The minimum atomic E-state index is -1.88. The molecule has 0 aromatic heterocycles. The average Bonchev–Trinajstić information content (AvgIpc) is 3.79. The first-order valence-electron chi connectivity index (χ1n) is 25.8. The molecule has 2 aromatic rings. The molecule has 4 heterocycles. The van der Waals surface area contributed by atoms with E-state index in [4.69, 9.17) is 37.9 Å². The number of nitrogens with one attached hydrogen (secondary N) is 2. The van der Waals surface area contributed by atoms with Crippen LogP contribution in [0.5, 0.6) is 0 Å². The Balaban J connectivity index is 0.802. The van der Waals surface area contributed by atoms with Crippen molar-refractivity contribution in [1.29, 1.82) is 0 Å². The molecule has 71 heavy (non-hydrogen) atoms. The third kappa shape index (κ3) is 9.53. The standard InChI is InChI=1S/C53H72N2O16/c1-27-17-20-53(66-24-27)28(2)39-36(71-53)22-34-33-16-15-29-21-32(18-19-51(29,3)40(33)35(56)23-52(34,39)4)67-47-45(61)43(59)46(38(69-47)26-65-50(63)55-31-13-9-6-10-14-31)70-48-44(60)42(58)41(57)37(68-48)25-64-49(62)54-30-11-7-5-8-12-30/h5-14,27-29,32-34,36-48,57-61H,15-26H2,1-4H3,(H,54,62)(H,55,63)/t27-,28+,29+,32+,33?,34?,36?,37+,38+,39?,40?,41-,42+,43-,44+,45+,46-,47-,48+,51+,52+,53-/m1/s1. The van der Waals surface area contributed by atoms with Crippen LogP contribution in [-0.2, 0) is 42.7 Å². The highest BCUT2D eigenvalue weighted by Crippen LogP contribution is 2.70. The third-order valence-corrected chi connectivity index (χ3v) is 18.3. The minimum Gasteiger partial charge on any atom is -0.446 e. The zero-order valence-corrected chi connectivity index (χ0v) is 41.0. The van der Waals surface area contributed by atoms with E-state index < -0.39 is 98.7 Å². The summed E-state index contributed by atoms with van der Waals surface area (Å²) in [7, 11) is 0. The van der Waals surface area contributed by atoms with Crippen LogP contribution in [0.3, 0.4) is 0 Å². The number of carbonyl (C=O) groups excluding carboxylic acids is 3. The van der Waals surface area contributed by atoms with Gasteiger partial charge < -0.3 is 63.4 Å². The molecule has 10 rings (SSSR count). The number of ketones is 1. The summed E-state index contributed by atoms with van der Waals surface area (Å²) in [5, 5.41) is 61.4. The summed E-state index contributed by atoms with van der Waals surface area (Å²) < 4.78 is 49.1. The second-order valence-electron chi connectivity index (χ2n) is 22.5. The monoisotopic (exact) mass is 992 g/mol. The van der Waals surface area contributed by atoms with E-state index in [-0.39, 0.29) is 46.5 Å². The van der Waals surface area contributed by atoms with Gasteiger partial charge in [0, 0.05) is 36.1 Å². The fraction of sp³-hybridized carbons (Fsp3) is 0.717. The number of benzene rings is 2. The molecule has 22 atom stereocenters. The molecule has 0 radical (unpaired) electrons. The maximum Gasteiger partial charge on any atom is 0.411 e. The van der Waals surface area contributed by atoms with Gasteiger partial charge in [-0.1, -0.05) is 64.1 Å². The van der Waals surface area contributed by atoms with E-state index in [9.17, 15) is 39.9 Å². The number of hydrogen-bond donors (Lipinski definition) is 7. The van der Waals surface area contributed by atoms with Crippen molar-refractivity contribution in [2.75, 3.05) is 30.5 Å². The number of carbonyl (C=O) groups is 3. The molecule has 8 fully saturated rings. The van der Waals surface area contributed by atoms with E-state index in [0.717, 1.165) is 38.5 Å². The molecule has 7 N–H and O–H groups in total. The molecule has 2 aromatic carbocycles. The van der Waals surface area contributed by atoms with E-state index in [1.165, 1.54) is 0 Å². The predicted molar refractivity (Wildman–Crippen MR) is 252 cm³/mol. The topological polar surface area (TPSA) is 250 Å². The molecule has 2 amide bonds. The third-order valence-electron chi connectivity index (χ3n) is 18.3. The van der Waals surface area contributed by atoms with Crippen molar-refractivity contribution < 1.29 is 77.8 Å². The smallest absolute Gasteiger partial charge is 0.411 e. The summed E-state index contributed by atoms with van der Waals surface area (Å²) in [5.74, 6) is 1.52. The van der Waals surface area contributed by atoms with Gasteiger partial charge in [-0.3, -0.25) is 15.4 Å². The molecule has 0 bridgehead atoms. The number of aliphatic hydroxyl groups is 5. The van der Waals surface area contributed by atoms with Crippen LogP contribution in [0.1, 0.15) is 85.5 Å². The lowest BCUT2D eigenvalue weighted by Crippen LogP contribution is -2.65. The van der Waals surface area contributed by atoms with Gasteiger partial charge >= 0.3 is 12.2 Å². The highest BCUT2D eigenvalue weighted by molar-refractivity contribution is 5.85. The van der Waals surface area contributed by atoms with Crippen molar-refractivity contribution in [3.05, 3.63) is 60.7 Å². The number of anilines is 2. The number of fused-ring (bicyclic) bond motifs is 7. The number of amides is 2. The molecular formula is C53H72N2O16. The first-order chi connectivity index (χ1) is 34.0. The molecule has 390 valence electrons. The summed E-state index contributed by atoms with van der Waals surface area (Å²) in [6, 6.07) is 17.1. The van der Waals surface area contributed by atoms with Crippen molar-refractivity contribution in [2.45, 2.75) is 165 Å². The summed E-state index contributed by atoms with van der Waals surface area (Å²) >= 11 is 0. The Kier molecular flexibility index (Phi) is 14.4. The number of rotatable bonds is 10. The van der Waals surface area contributed by atoms with Crippen molar-refractivity contribution in [1.82, 2.24) is 0 Å². The van der Waals surface area contributed by atoms with Crippen molar-refractivity contribution in [3.63, 3.8) is 0 Å². The normalized spacial score (nSPS) is 46.0. The number of Topliss-reactive ketones (excluding diaryl/α,β-unsaturated/α-hetero) is 1.